The summed E-state index contributed by atoms with van der Waals surface area (Å²) in [6, 6.07) is 5.81. The lowest BCUT2D eigenvalue weighted by Crippen LogP contribution is -2.07. The quantitative estimate of drug-likeness (QED) is 0.649. The van der Waals surface area contributed by atoms with Crippen molar-refractivity contribution in [2.24, 2.45) is 0 Å². The van der Waals surface area contributed by atoms with E-state index < -0.39 is 33.9 Å². The predicted molar refractivity (Wildman–Crippen MR) is 75.5 cm³/mol. The zero-order chi connectivity index (χ0) is 17.4. The van der Waals surface area contributed by atoms with E-state index >= 15 is 0 Å². The molecule has 2 aromatic carbocycles. The molecule has 0 saturated carbocycles. The normalized spacial score (nSPS) is 11.3. The molecule has 2 rings (SSSR count). The van der Waals surface area contributed by atoms with Crippen LogP contribution in [0.1, 0.15) is 15.9 Å². The van der Waals surface area contributed by atoms with Gasteiger partial charge in [0.25, 0.3) is 5.69 Å². The molecule has 0 amide bonds. The Morgan fingerprint density at radius 3 is 2.30 bits per heavy atom. The Morgan fingerprint density at radius 1 is 1.17 bits per heavy atom. The third kappa shape index (κ3) is 3.26. The van der Waals surface area contributed by atoms with Crippen LogP contribution >= 0.6 is 11.6 Å². The van der Waals surface area contributed by atoms with Crippen molar-refractivity contribution in [2.75, 3.05) is 0 Å². The number of nitro groups is 1. The molecular weight excluding hydrogens is 339 g/mol. The van der Waals surface area contributed by atoms with Crippen LogP contribution in [0, 0.1) is 10.1 Å². The van der Waals surface area contributed by atoms with Gasteiger partial charge in [-0.15, -0.1) is 0 Å². The second kappa shape index (κ2) is 5.88. The summed E-state index contributed by atoms with van der Waals surface area (Å²) in [5.41, 5.74) is -2.50. The first kappa shape index (κ1) is 16.8. The summed E-state index contributed by atoms with van der Waals surface area (Å²) < 4.78 is 37.9. The van der Waals surface area contributed by atoms with Gasteiger partial charge in [0.1, 0.15) is 5.56 Å². The molecule has 0 unspecified atom stereocenters. The number of rotatable bonds is 3. The molecule has 0 fully saturated rings. The van der Waals surface area contributed by atoms with Crippen LogP contribution in [0.25, 0.3) is 11.1 Å². The van der Waals surface area contributed by atoms with E-state index in [2.05, 4.69) is 0 Å². The molecule has 0 aliphatic carbocycles. The molecular formula is C14H7ClF3NO4. The molecule has 0 bridgehead atoms. The Balaban J connectivity index is 2.70. The molecule has 0 aliphatic rings. The highest BCUT2D eigenvalue weighted by molar-refractivity contribution is 6.33. The van der Waals surface area contributed by atoms with Crippen LogP contribution in [-0.4, -0.2) is 16.0 Å². The molecule has 0 aromatic heterocycles. The Hall–Kier alpha value is -2.61. The van der Waals surface area contributed by atoms with Crippen molar-refractivity contribution >= 4 is 23.3 Å². The van der Waals surface area contributed by atoms with Crippen LogP contribution in [0.15, 0.2) is 36.4 Å². The van der Waals surface area contributed by atoms with Crippen molar-refractivity contribution in [1.29, 1.82) is 0 Å². The Bertz CT molecular complexity index is 805. The predicted octanol–water partition coefficient (Wildman–Crippen LogP) is 4.63. The summed E-state index contributed by atoms with van der Waals surface area (Å²) in [7, 11) is 0. The van der Waals surface area contributed by atoms with E-state index in [-0.39, 0.29) is 16.1 Å². The van der Waals surface area contributed by atoms with Gasteiger partial charge < -0.3 is 5.11 Å². The van der Waals surface area contributed by atoms with Crippen LogP contribution in [0.5, 0.6) is 0 Å². The third-order valence-corrected chi connectivity index (χ3v) is 3.35. The van der Waals surface area contributed by atoms with Gasteiger partial charge in [-0.2, -0.15) is 13.2 Å². The van der Waals surface area contributed by atoms with Gasteiger partial charge in [0.2, 0.25) is 0 Å². The van der Waals surface area contributed by atoms with E-state index in [9.17, 15) is 33.2 Å². The van der Waals surface area contributed by atoms with Crippen LogP contribution < -0.4 is 0 Å². The van der Waals surface area contributed by atoms with Crippen molar-refractivity contribution in [2.45, 2.75) is 6.18 Å². The molecule has 9 heteroatoms. The molecule has 1 N–H and O–H groups in total. The summed E-state index contributed by atoms with van der Waals surface area (Å²) >= 11 is 5.82. The Kier molecular flexibility index (Phi) is 4.28. The topological polar surface area (TPSA) is 80.4 Å². The van der Waals surface area contributed by atoms with E-state index in [4.69, 9.17) is 11.6 Å². The minimum absolute atomic E-state index is 0.0410. The fourth-order valence-corrected chi connectivity index (χ4v) is 2.33. The molecule has 2 aromatic rings. The SMILES string of the molecule is O=C(O)c1c(-c2ccc(C(F)(F)F)cc2Cl)cccc1[N+](=O)[O-]. The van der Waals surface area contributed by atoms with Crippen molar-refractivity contribution in [3.63, 3.8) is 0 Å². The first-order valence-electron chi connectivity index (χ1n) is 6.00. The minimum Gasteiger partial charge on any atom is -0.477 e. The van der Waals surface area contributed by atoms with Crippen molar-refractivity contribution in [1.82, 2.24) is 0 Å². The van der Waals surface area contributed by atoms with Crippen molar-refractivity contribution in [3.8, 4) is 11.1 Å². The largest absolute Gasteiger partial charge is 0.477 e. The van der Waals surface area contributed by atoms with E-state index in [0.29, 0.717) is 6.07 Å². The number of benzene rings is 2. The summed E-state index contributed by atoms with van der Waals surface area (Å²) in [5, 5.41) is 19.8. The van der Waals surface area contributed by atoms with Crippen LogP contribution in [0.2, 0.25) is 5.02 Å². The van der Waals surface area contributed by atoms with Gasteiger partial charge in [-0.3, -0.25) is 10.1 Å². The molecule has 0 heterocycles. The average molecular weight is 346 g/mol. The maximum atomic E-state index is 12.6. The minimum atomic E-state index is -4.61. The number of nitrogens with zero attached hydrogens (tertiary/aromatic N) is 1. The summed E-state index contributed by atoms with van der Waals surface area (Å²) in [5.74, 6) is -1.58. The maximum absolute atomic E-state index is 12.6. The number of carbonyl (C=O) groups is 1. The highest BCUT2D eigenvalue weighted by atomic mass is 35.5. The smallest absolute Gasteiger partial charge is 0.416 e. The number of alkyl halides is 3. The fourth-order valence-electron chi connectivity index (χ4n) is 2.05. The van der Waals surface area contributed by atoms with E-state index in [0.717, 1.165) is 18.2 Å². The fraction of sp³-hybridized carbons (Fsp3) is 0.0714. The highest BCUT2D eigenvalue weighted by Gasteiger charge is 2.32. The Morgan fingerprint density at radius 2 is 1.83 bits per heavy atom. The van der Waals surface area contributed by atoms with Crippen LogP contribution in [-0.2, 0) is 6.18 Å². The van der Waals surface area contributed by atoms with Crippen molar-refractivity contribution < 1.29 is 28.0 Å². The summed E-state index contributed by atoms with van der Waals surface area (Å²) in [6.45, 7) is 0. The molecule has 0 radical (unpaired) electrons. The van der Waals surface area contributed by atoms with Gasteiger partial charge in [-0.1, -0.05) is 29.8 Å². The van der Waals surface area contributed by atoms with Gasteiger partial charge in [0.15, 0.2) is 0 Å². The number of halogens is 4. The summed E-state index contributed by atoms with van der Waals surface area (Å²) in [6.07, 6.45) is -4.61. The molecule has 0 spiro atoms. The molecule has 0 saturated heterocycles. The molecule has 23 heavy (non-hydrogen) atoms. The van der Waals surface area contributed by atoms with Crippen LogP contribution in [0.4, 0.5) is 18.9 Å². The van der Waals surface area contributed by atoms with E-state index in [1.54, 1.807) is 0 Å². The first-order chi connectivity index (χ1) is 10.6. The number of carboxylic acids is 1. The highest BCUT2D eigenvalue weighted by Crippen LogP contribution is 2.38. The van der Waals surface area contributed by atoms with Gasteiger partial charge in [0.05, 0.1) is 10.5 Å². The number of hydrogen-bond acceptors (Lipinski definition) is 3. The lowest BCUT2D eigenvalue weighted by atomic mass is 9.97. The van der Waals surface area contributed by atoms with E-state index in [1.165, 1.54) is 12.1 Å². The number of hydrogen-bond donors (Lipinski definition) is 1. The third-order valence-electron chi connectivity index (χ3n) is 3.04. The van der Waals surface area contributed by atoms with Crippen LogP contribution in [0.3, 0.4) is 0 Å². The molecule has 120 valence electrons. The van der Waals surface area contributed by atoms with Gasteiger partial charge in [-0.05, 0) is 12.1 Å². The molecule has 0 aliphatic heterocycles. The molecule has 5 nitrogen and oxygen atoms in total. The Labute approximate surface area is 132 Å². The lowest BCUT2D eigenvalue weighted by molar-refractivity contribution is -0.385. The zero-order valence-corrected chi connectivity index (χ0v) is 11.9. The standard InChI is InChI=1S/C14H7ClF3NO4/c15-10-6-7(14(16,17)18)4-5-8(10)9-2-1-3-11(19(22)23)12(9)13(20)21/h1-6H,(H,20,21). The second-order valence-corrected chi connectivity index (χ2v) is 4.86. The lowest BCUT2D eigenvalue weighted by Gasteiger charge is -2.12. The maximum Gasteiger partial charge on any atom is 0.416 e. The summed E-state index contributed by atoms with van der Waals surface area (Å²) in [4.78, 5) is 21.4. The number of aromatic carboxylic acids is 1. The number of nitro benzene ring substituents is 1. The monoisotopic (exact) mass is 345 g/mol. The van der Waals surface area contributed by atoms with Crippen molar-refractivity contribution in [3.05, 3.63) is 62.7 Å². The average Bonchev–Trinajstić information content (AvgIpc) is 2.45. The first-order valence-corrected chi connectivity index (χ1v) is 6.38. The van der Waals surface area contributed by atoms with Gasteiger partial charge in [0, 0.05) is 22.2 Å². The second-order valence-electron chi connectivity index (χ2n) is 4.45. The van der Waals surface area contributed by atoms with Gasteiger partial charge >= 0.3 is 12.1 Å². The number of carboxylic acid groups (broad SMARTS) is 1. The van der Waals surface area contributed by atoms with E-state index in [1.807, 2.05) is 0 Å². The zero-order valence-electron chi connectivity index (χ0n) is 11.1. The van der Waals surface area contributed by atoms with Gasteiger partial charge in [-0.25, -0.2) is 4.79 Å². The molecule has 0 atom stereocenters.